The summed E-state index contributed by atoms with van der Waals surface area (Å²) in [5.74, 6) is -3.70. The first-order valence-electron chi connectivity index (χ1n) is 10.2. The lowest BCUT2D eigenvalue weighted by atomic mass is 10.1. The van der Waals surface area contributed by atoms with Crippen LogP contribution in [0.15, 0.2) is 40.1 Å². The maximum absolute atomic E-state index is 12.9. The van der Waals surface area contributed by atoms with Crippen molar-refractivity contribution in [2.75, 3.05) is 5.32 Å². The average Bonchev–Trinajstić information content (AvgIpc) is 2.83. The highest BCUT2D eigenvalue weighted by Crippen LogP contribution is 2.16. The second kappa shape index (κ2) is 9.94. The number of carbonyl (C=O) groups is 4. The second-order valence-electron chi connectivity index (χ2n) is 7.50. The number of aryl methyl sites for hydroxylation is 1. The number of para-hydroxylation sites is 1. The van der Waals surface area contributed by atoms with E-state index in [0.29, 0.717) is 0 Å². The summed E-state index contributed by atoms with van der Waals surface area (Å²) in [5.41, 5.74) is 2.98. The monoisotopic (exact) mass is 483 g/mol. The van der Waals surface area contributed by atoms with Crippen LogP contribution in [0.1, 0.15) is 33.7 Å². The molecule has 0 saturated heterocycles. The molecule has 0 bridgehead atoms. The van der Waals surface area contributed by atoms with Crippen LogP contribution in [0.2, 0.25) is 0 Å². The van der Waals surface area contributed by atoms with Gasteiger partial charge in [0.2, 0.25) is 11.8 Å². The number of amides is 3. The fourth-order valence-electron chi connectivity index (χ4n) is 3.23. The van der Waals surface area contributed by atoms with Gasteiger partial charge in [0, 0.05) is 20.5 Å². The van der Waals surface area contributed by atoms with Crippen molar-refractivity contribution in [3.63, 3.8) is 0 Å². The van der Waals surface area contributed by atoms with Crippen molar-refractivity contribution < 1.29 is 24.3 Å². The van der Waals surface area contributed by atoms with Crippen molar-refractivity contribution in [3.8, 4) is 0 Å². The Kier molecular flexibility index (Phi) is 7.03. The molecule has 0 radical (unpaired) electrons. The fraction of sp³-hybridized carbons (Fsp3) is 0.238. The molecule has 0 unspecified atom stereocenters. The molecule has 182 valence electrons. The van der Waals surface area contributed by atoms with E-state index in [4.69, 9.17) is 5.73 Å². The van der Waals surface area contributed by atoms with Gasteiger partial charge in [0.05, 0.1) is 17.4 Å². The van der Waals surface area contributed by atoms with Gasteiger partial charge in [0.25, 0.3) is 11.5 Å². The average molecular weight is 483 g/mol. The van der Waals surface area contributed by atoms with E-state index in [1.165, 1.54) is 38.4 Å². The van der Waals surface area contributed by atoms with Crippen molar-refractivity contribution in [2.45, 2.75) is 18.9 Å². The highest BCUT2D eigenvalue weighted by molar-refractivity contribution is 6.04. The smallest absolute Gasteiger partial charge is 0.337 e. The highest BCUT2D eigenvalue weighted by atomic mass is 16.4. The van der Waals surface area contributed by atoms with Crippen LogP contribution in [-0.4, -0.2) is 53.9 Å². The van der Waals surface area contributed by atoms with E-state index in [1.807, 2.05) is 0 Å². The van der Waals surface area contributed by atoms with Gasteiger partial charge in [-0.1, -0.05) is 12.1 Å². The summed E-state index contributed by atoms with van der Waals surface area (Å²) in [6.07, 6.45) is 0.573. The highest BCUT2D eigenvalue weighted by Gasteiger charge is 2.25. The van der Waals surface area contributed by atoms with Crippen LogP contribution in [-0.2, 0) is 23.7 Å². The molecule has 0 aliphatic carbocycles. The summed E-state index contributed by atoms with van der Waals surface area (Å²) in [6, 6.07) is 4.33. The number of nitrogens with zero attached hydrogens (tertiary/aromatic N) is 4. The molecule has 3 amide bonds. The Balaban J connectivity index is 1.91. The second-order valence-corrected chi connectivity index (χ2v) is 7.50. The molecule has 2 aromatic heterocycles. The number of nitrogens with two attached hydrogens (primary N) is 1. The summed E-state index contributed by atoms with van der Waals surface area (Å²) in [5, 5.41) is 14.1. The van der Waals surface area contributed by atoms with Crippen LogP contribution in [0, 0.1) is 0 Å². The number of aromatic nitrogens is 4. The van der Waals surface area contributed by atoms with E-state index in [9.17, 15) is 33.9 Å². The van der Waals surface area contributed by atoms with Gasteiger partial charge in [-0.2, -0.15) is 0 Å². The van der Waals surface area contributed by atoms with E-state index in [1.54, 1.807) is 0 Å². The normalized spacial score (nSPS) is 11.6. The first-order chi connectivity index (χ1) is 16.5. The van der Waals surface area contributed by atoms with E-state index in [2.05, 4.69) is 20.6 Å². The Labute approximate surface area is 196 Å². The number of benzene rings is 1. The number of anilines is 1. The van der Waals surface area contributed by atoms with Crippen LogP contribution < -0.4 is 27.6 Å². The predicted molar refractivity (Wildman–Crippen MR) is 122 cm³/mol. The number of hydrogen-bond donors (Lipinski definition) is 4. The number of rotatable bonds is 8. The molecule has 14 nitrogen and oxygen atoms in total. The minimum absolute atomic E-state index is 0.0155. The molecule has 0 saturated carbocycles. The number of fused-ring (bicyclic) bond motifs is 1. The number of nitrogens with one attached hydrogen (secondary N) is 2. The minimum Gasteiger partial charge on any atom is -0.478 e. The van der Waals surface area contributed by atoms with Crippen LogP contribution in [0.5, 0.6) is 0 Å². The Morgan fingerprint density at radius 1 is 1.11 bits per heavy atom. The summed E-state index contributed by atoms with van der Waals surface area (Å²) >= 11 is 0. The summed E-state index contributed by atoms with van der Waals surface area (Å²) in [7, 11) is 2.63. The predicted octanol–water partition coefficient (Wildman–Crippen LogP) is -1.27. The maximum Gasteiger partial charge on any atom is 0.337 e. The molecule has 2 heterocycles. The number of aromatic carboxylic acids is 1. The van der Waals surface area contributed by atoms with Gasteiger partial charge in [-0.15, -0.1) is 0 Å². The molecule has 1 atom stereocenters. The Hall–Kier alpha value is -4.88. The standard InChI is InChI=1S/C21H21N7O7/c1-27-16-15(19(32)28(2)21(27)35)24-13(9-23-16)18(31)26-12(7-8-14(22)29)17(30)25-11-6-4-3-5-10(11)20(33)34/h3-6,9,12H,7-8H2,1-2H3,(H2,22,29)(H,25,30)(H,26,31)(H,33,34)/t12-/m0/s1. The number of carboxylic acids is 1. The molecular weight excluding hydrogens is 462 g/mol. The third-order valence-corrected chi connectivity index (χ3v) is 5.10. The number of hydrogen-bond acceptors (Lipinski definition) is 8. The maximum atomic E-state index is 12.9. The molecule has 0 spiro atoms. The lowest BCUT2D eigenvalue weighted by Gasteiger charge is -2.18. The quantitative estimate of drug-likeness (QED) is 0.300. The SMILES string of the molecule is Cn1c(=O)c2nc(C(=O)N[C@@H](CCC(N)=O)C(=O)Nc3ccccc3C(=O)O)cnc2n(C)c1=O. The molecule has 14 heteroatoms. The van der Waals surface area contributed by atoms with Crippen molar-refractivity contribution in [3.05, 3.63) is 62.6 Å². The fourth-order valence-corrected chi connectivity index (χ4v) is 3.23. The summed E-state index contributed by atoms with van der Waals surface area (Å²) < 4.78 is 1.90. The zero-order valence-corrected chi connectivity index (χ0v) is 18.6. The van der Waals surface area contributed by atoms with Crippen LogP contribution in [0.25, 0.3) is 11.2 Å². The van der Waals surface area contributed by atoms with Gasteiger partial charge < -0.3 is 21.5 Å². The van der Waals surface area contributed by atoms with E-state index < -0.39 is 41.0 Å². The lowest BCUT2D eigenvalue weighted by molar-refractivity contribution is -0.119. The Morgan fingerprint density at radius 2 is 1.80 bits per heavy atom. The van der Waals surface area contributed by atoms with Gasteiger partial charge in [0.1, 0.15) is 11.7 Å². The van der Waals surface area contributed by atoms with Crippen molar-refractivity contribution in [2.24, 2.45) is 19.8 Å². The molecule has 0 fully saturated rings. The number of carboxylic acid groups (broad SMARTS) is 1. The topological polar surface area (TPSA) is 208 Å². The van der Waals surface area contributed by atoms with Gasteiger partial charge in [-0.3, -0.25) is 28.3 Å². The Morgan fingerprint density at radius 3 is 2.46 bits per heavy atom. The van der Waals surface area contributed by atoms with Crippen molar-refractivity contribution in [1.29, 1.82) is 0 Å². The number of carbonyl (C=O) groups excluding carboxylic acids is 3. The summed E-state index contributed by atoms with van der Waals surface area (Å²) in [6.45, 7) is 0. The van der Waals surface area contributed by atoms with Crippen molar-refractivity contribution in [1.82, 2.24) is 24.4 Å². The molecule has 3 aromatic rings. The van der Waals surface area contributed by atoms with E-state index in [0.717, 1.165) is 15.3 Å². The van der Waals surface area contributed by atoms with Crippen LogP contribution >= 0.6 is 0 Å². The number of primary amides is 1. The lowest BCUT2D eigenvalue weighted by Crippen LogP contribution is -2.45. The van der Waals surface area contributed by atoms with Gasteiger partial charge in [-0.25, -0.2) is 19.6 Å². The van der Waals surface area contributed by atoms with E-state index in [-0.39, 0.29) is 41.0 Å². The van der Waals surface area contributed by atoms with Gasteiger partial charge in [-0.05, 0) is 18.6 Å². The zero-order chi connectivity index (χ0) is 25.9. The third-order valence-electron chi connectivity index (χ3n) is 5.10. The molecular formula is C21H21N7O7. The largest absolute Gasteiger partial charge is 0.478 e. The molecule has 3 rings (SSSR count). The van der Waals surface area contributed by atoms with Gasteiger partial charge >= 0.3 is 11.7 Å². The van der Waals surface area contributed by atoms with E-state index >= 15 is 0 Å². The van der Waals surface area contributed by atoms with Crippen molar-refractivity contribution >= 4 is 40.5 Å². The molecule has 35 heavy (non-hydrogen) atoms. The third kappa shape index (κ3) is 5.21. The van der Waals surface area contributed by atoms with Gasteiger partial charge in [0.15, 0.2) is 11.2 Å². The Bertz CT molecular complexity index is 1480. The van der Waals surface area contributed by atoms with Crippen LogP contribution in [0.3, 0.4) is 0 Å². The minimum atomic E-state index is -1.31. The molecule has 5 N–H and O–H groups in total. The zero-order valence-electron chi connectivity index (χ0n) is 18.6. The molecule has 1 aromatic carbocycles. The molecule has 0 aliphatic heterocycles. The first kappa shape index (κ1) is 24.8. The summed E-state index contributed by atoms with van der Waals surface area (Å²) in [4.78, 5) is 80.8. The van der Waals surface area contributed by atoms with Crippen LogP contribution in [0.4, 0.5) is 5.69 Å². The first-order valence-corrected chi connectivity index (χ1v) is 10.2. The molecule has 0 aliphatic rings.